The van der Waals surface area contributed by atoms with Crippen LogP contribution >= 0.6 is 0 Å². The molecule has 0 bridgehead atoms. The minimum absolute atomic E-state index is 0.242. The Labute approximate surface area is 105 Å². The van der Waals surface area contributed by atoms with Crippen LogP contribution in [0.25, 0.3) is 0 Å². The number of amides is 1. The van der Waals surface area contributed by atoms with Gasteiger partial charge in [-0.1, -0.05) is 6.92 Å². The first-order valence-corrected chi connectivity index (χ1v) is 7.26. The topological polar surface area (TPSA) is 55.1 Å². The average Bonchev–Trinajstić information content (AvgIpc) is 3.17. The summed E-state index contributed by atoms with van der Waals surface area (Å²) in [7, 11) is 0. The van der Waals surface area contributed by atoms with E-state index in [-0.39, 0.29) is 5.92 Å². The van der Waals surface area contributed by atoms with Crippen LogP contribution in [0, 0.1) is 17.8 Å². The van der Waals surface area contributed by atoms with E-state index in [4.69, 9.17) is 5.73 Å². The van der Waals surface area contributed by atoms with Crippen LogP contribution < -0.4 is 11.1 Å². The van der Waals surface area contributed by atoms with Crippen molar-refractivity contribution >= 4 is 5.91 Å². The second-order valence-corrected chi connectivity index (χ2v) is 5.74. The number of nitrogens with one attached hydrogen (secondary N) is 1. The molecule has 0 aliphatic heterocycles. The second-order valence-electron chi connectivity index (χ2n) is 5.74. The van der Waals surface area contributed by atoms with Crippen molar-refractivity contribution in [1.29, 1.82) is 0 Å². The highest BCUT2D eigenvalue weighted by molar-refractivity contribution is 5.79. The normalized spacial score (nSPS) is 23.2. The summed E-state index contributed by atoms with van der Waals surface area (Å²) in [5.41, 5.74) is 5.55. The van der Waals surface area contributed by atoms with Crippen LogP contribution in [0.4, 0.5) is 0 Å². The molecule has 3 heteroatoms. The van der Waals surface area contributed by atoms with Gasteiger partial charge >= 0.3 is 0 Å². The predicted octanol–water partition coefficient (Wildman–Crippen LogP) is 2.06. The van der Waals surface area contributed by atoms with Gasteiger partial charge in [0.2, 0.25) is 5.91 Å². The van der Waals surface area contributed by atoms with Gasteiger partial charge in [0.05, 0.1) is 0 Å². The Morgan fingerprint density at radius 2 is 1.94 bits per heavy atom. The summed E-state index contributed by atoms with van der Waals surface area (Å²) >= 11 is 0. The van der Waals surface area contributed by atoms with E-state index in [0.29, 0.717) is 24.4 Å². The fraction of sp³-hybridized carbons (Fsp3) is 0.929. The summed E-state index contributed by atoms with van der Waals surface area (Å²) in [4.78, 5) is 12.3. The van der Waals surface area contributed by atoms with Gasteiger partial charge in [0.15, 0.2) is 0 Å². The third-order valence-corrected chi connectivity index (χ3v) is 4.21. The summed E-state index contributed by atoms with van der Waals surface area (Å²) < 4.78 is 0. The molecule has 2 fully saturated rings. The van der Waals surface area contributed by atoms with Crippen molar-refractivity contribution in [3.8, 4) is 0 Å². The highest BCUT2D eigenvalue weighted by Crippen LogP contribution is 2.40. The molecule has 2 aliphatic carbocycles. The highest BCUT2D eigenvalue weighted by atomic mass is 16.2. The molecule has 3 nitrogen and oxygen atoms in total. The molecule has 0 aromatic carbocycles. The minimum Gasteiger partial charge on any atom is -0.353 e. The molecule has 98 valence electrons. The Balaban J connectivity index is 1.81. The minimum atomic E-state index is 0.242. The van der Waals surface area contributed by atoms with Gasteiger partial charge in [0, 0.05) is 12.0 Å². The van der Waals surface area contributed by atoms with Gasteiger partial charge in [0.25, 0.3) is 0 Å². The van der Waals surface area contributed by atoms with Gasteiger partial charge < -0.3 is 11.1 Å². The summed E-state index contributed by atoms with van der Waals surface area (Å²) in [5, 5.41) is 3.28. The van der Waals surface area contributed by atoms with E-state index in [9.17, 15) is 4.79 Å². The van der Waals surface area contributed by atoms with Crippen LogP contribution in [0.15, 0.2) is 0 Å². The van der Waals surface area contributed by atoms with Crippen LogP contribution in [-0.4, -0.2) is 18.5 Å². The molecule has 2 saturated carbocycles. The number of carbonyl (C=O) groups is 1. The quantitative estimate of drug-likeness (QED) is 0.680. The molecule has 3 N–H and O–H groups in total. The van der Waals surface area contributed by atoms with E-state index in [1.54, 1.807) is 0 Å². The van der Waals surface area contributed by atoms with E-state index in [0.717, 1.165) is 25.2 Å². The molecule has 0 radical (unpaired) electrons. The molecule has 1 amide bonds. The molecule has 2 rings (SSSR count). The molecule has 2 unspecified atom stereocenters. The number of hydrogen-bond donors (Lipinski definition) is 2. The Hall–Kier alpha value is -0.570. The fourth-order valence-electron chi connectivity index (χ4n) is 2.76. The standard InChI is InChI=1S/C14H26N2O/c1-2-13(11-7-8-11)16-14(17)12(4-3-9-15)10-5-6-10/h10-13H,2-9,15H2,1H3,(H,16,17). The maximum atomic E-state index is 12.3. The summed E-state index contributed by atoms with van der Waals surface area (Å²) in [6.45, 7) is 2.88. The fourth-order valence-corrected chi connectivity index (χ4v) is 2.76. The molecule has 0 heterocycles. The van der Waals surface area contributed by atoms with E-state index in [1.165, 1.54) is 25.7 Å². The van der Waals surface area contributed by atoms with Gasteiger partial charge in [-0.15, -0.1) is 0 Å². The predicted molar refractivity (Wildman–Crippen MR) is 69.4 cm³/mol. The first kappa shape index (κ1) is 12.9. The average molecular weight is 238 g/mol. The van der Waals surface area contributed by atoms with Gasteiger partial charge in [0.1, 0.15) is 0 Å². The van der Waals surface area contributed by atoms with Crippen molar-refractivity contribution < 1.29 is 4.79 Å². The lowest BCUT2D eigenvalue weighted by atomic mass is 9.95. The maximum Gasteiger partial charge on any atom is 0.223 e. The Bertz CT molecular complexity index is 259. The van der Waals surface area contributed by atoms with Crippen LogP contribution in [0.1, 0.15) is 51.9 Å². The zero-order valence-electron chi connectivity index (χ0n) is 11.0. The third kappa shape index (κ3) is 3.70. The van der Waals surface area contributed by atoms with E-state index < -0.39 is 0 Å². The Kier molecular flexibility index (Phi) is 4.43. The summed E-state index contributed by atoms with van der Waals surface area (Å²) in [6, 6.07) is 0.432. The SMILES string of the molecule is CCC(NC(=O)C(CCCN)C1CC1)C1CC1. The van der Waals surface area contributed by atoms with E-state index in [2.05, 4.69) is 12.2 Å². The number of hydrogen-bond acceptors (Lipinski definition) is 2. The van der Waals surface area contributed by atoms with Crippen molar-refractivity contribution in [3.63, 3.8) is 0 Å². The Morgan fingerprint density at radius 3 is 2.41 bits per heavy atom. The molecule has 0 aromatic heterocycles. The lowest BCUT2D eigenvalue weighted by Gasteiger charge is -2.21. The largest absolute Gasteiger partial charge is 0.353 e. The first-order valence-electron chi connectivity index (χ1n) is 7.26. The zero-order valence-corrected chi connectivity index (χ0v) is 11.0. The van der Waals surface area contributed by atoms with Gasteiger partial charge in [-0.2, -0.15) is 0 Å². The molecular formula is C14H26N2O. The van der Waals surface area contributed by atoms with Crippen LogP contribution in [-0.2, 0) is 4.79 Å². The van der Waals surface area contributed by atoms with E-state index in [1.807, 2.05) is 0 Å². The molecular weight excluding hydrogens is 212 g/mol. The van der Waals surface area contributed by atoms with Crippen LogP contribution in [0.5, 0.6) is 0 Å². The molecule has 0 spiro atoms. The van der Waals surface area contributed by atoms with Crippen molar-refractivity contribution in [1.82, 2.24) is 5.32 Å². The molecule has 0 aromatic rings. The second kappa shape index (κ2) is 5.85. The summed E-state index contributed by atoms with van der Waals surface area (Å²) in [6.07, 6.45) is 8.12. The van der Waals surface area contributed by atoms with Crippen molar-refractivity contribution in [2.75, 3.05) is 6.54 Å². The lowest BCUT2D eigenvalue weighted by molar-refractivity contribution is -0.126. The molecule has 17 heavy (non-hydrogen) atoms. The third-order valence-electron chi connectivity index (χ3n) is 4.21. The zero-order chi connectivity index (χ0) is 12.3. The number of carbonyl (C=O) groups excluding carboxylic acids is 1. The van der Waals surface area contributed by atoms with Gasteiger partial charge in [-0.05, 0) is 63.3 Å². The Morgan fingerprint density at radius 1 is 1.29 bits per heavy atom. The van der Waals surface area contributed by atoms with Gasteiger partial charge in [-0.25, -0.2) is 0 Å². The lowest BCUT2D eigenvalue weighted by Crippen LogP contribution is -2.40. The molecule has 2 atom stereocenters. The molecule has 2 aliphatic rings. The van der Waals surface area contributed by atoms with Crippen LogP contribution in [0.2, 0.25) is 0 Å². The smallest absolute Gasteiger partial charge is 0.223 e. The number of nitrogens with two attached hydrogens (primary N) is 1. The highest BCUT2D eigenvalue weighted by Gasteiger charge is 2.38. The first-order chi connectivity index (χ1) is 8.26. The van der Waals surface area contributed by atoms with E-state index >= 15 is 0 Å². The van der Waals surface area contributed by atoms with Crippen molar-refractivity contribution in [3.05, 3.63) is 0 Å². The number of rotatable bonds is 8. The summed E-state index contributed by atoms with van der Waals surface area (Å²) in [5.74, 6) is 1.96. The van der Waals surface area contributed by atoms with Gasteiger partial charge in [-0.3, -0.25) is 4.79 Å². The van der Waals surface area contributed by atoms with Crippen molar-refractivity contribution in [2.24, 2.45) is 23.5 Å². The molecule has 0 saturated heterocycles. The monoisotopic (exact) mass is 238 g/mol. The van der Waals surface area contributed by atoms with Crippen LogP contribution in [0.3, 0.4) is 0 Å². The maximum absolute atomic E-state index is 12.3. The van der Waals surface area contributed by atoms with Crippen molar-refractivity contribution in [2.45, 2.75) is 57.9 Å².